The molecule has 0 atom stereocenters. The van der Waals surface area contributed by atoms with E-state index in [0.717, 1.165) is 10.6 Å². The summed E-state index contributed by atoms with van der Waals surface area (Å²) in [6.07, 6.45) is 3.59. The monoisotopic (exact) mass is 328 g/mol. The number of nitrogen functional groups attached to an aromatic ring is 1. The number of hydrogen-bond acceptors (Lipinski definition) is 4. The van der Waals surface area contributed by atoms with E-state index >= 15 is 0 Å². The van der Waals surface area contributed by atoms with Crippen molar-refractivity contribution in [2.45, 2.75) is 31.1 Å². The van der Waals surface area contributed by atoms with Crippen LogP contribution in [0.5, 0.6) is 0 Å². The Hall–Kier alpha value is -0.720. The summed E-state index contributed by atoms with van der Waals surface area (Å²) in [5.41, 5.74) is 6.36. The predicted molar refractivity (Wildman–Crippen MR) is 90.0 cm³/mol. The van der Waals surface area contributed by atoms with Gasteiger partial charge < -0.3 is 5.73 Å². The zero-order valence-electron chi connectivity index (χ0n) is 12.5. The van der Waals surface area contributed by atoms with E-state index in [4.69, 9.17) is 5.73 Å². The van der Waals surface area contributed by atoms with Gasteiger partial charge in [-0.25, -0.2) is 12.7 Å². The van der Waals surface area contributed by atoms with Gasteiger partial charge in [-0.05, 0) is 43.0 Å². The molecule has 0 unspecified atom stereocenters. The summed E-state index contributed by atoms with van der Waals surface area (Å²) < 4.78 is 26.4. The van der Waals surface area contributed by atoms with E-state index in [0.29, 0.717) is 24.8 Å². The van der Waals surface area contributed by atoms with Gasteiger partial charge in [0.15, 0.2) is 0 Å². The number of nitrogens with two attached hydrogens (primary N) is 1. The van der Waals surface area contributed by atoms with Gasteiger partial charge in [0.2, 0.25) is 10.0 Å². The van der Waals surface area contributed by atoms with Crippen LogP contribution in [0.15, 0.2) is 29.2 Å². The van der Waals surface area contributed by atoms with Crippen molar-refractivity contribution < 1.29 is 8.42 Å². The molecular weight excluding hydrogens is 304 g/mol. The highest BCUT2D eigenvalue weighted by molar-refractivity contribution is 8.00. The number of rotatable bonds is 8. The summed E-state index contributed by atoms with van der Waals surface area (Å²) in [5.74, 6) is 1.35. The average Bonchev–Trinajstić information content (AvgIpc) is 2.39. The van der Waals surface area contributed by atoms with Gasteiger partial charge in [-0.15, -0.1) is 11.8 Å². The Balaban J connectivity index is 1.82. The van der Waals surface area contributed by atoms with E-state index in [9.17, 15) is 8.42 Å². The van der Waals surface area contributed by atoms with Crippen molar-refractivity contribution in [3.63, 3.8) is 0 Å². The molecule has 1 fully saturated rings. The van der Waals surface area contributed by atoms with Gasteiger partial charge in [0.25, 0.3) is 0 Å². The highest BCUT2D eigenvalue weighted by atomic mass is 32.2. The van der Waals surface area contributed by atoms with Crippen LogP contribution in [-0.2, 0) is 10.0 Å². The van der Waals surface area contributed by atoms with Crippen LogP contribution in [0, 0.1) is 5.92 Å². The molecule has 1 aliphatic rings. The van der Waals surface area contributed by atoms with Gasteiger partial charge in [-0.1, -0.05) is 13.3 Å². The van der Waals surface area contributed by atoms with E-state index < -0.39 is 10.0 Å². The molecular formula is C15H24N2O2S2. The molecule has 0 spiro atoms. The van der Waals surface area contributed by atoms with E-state index in [1.54, 1.807) is 16.1 Å². The van der Waals surface area contributed by atoms with Crippen LogP contribution in [0.1, 0.15) is 26.2 Å². The highest BCUT2D eigenvalue weighted by Gasteiger charge is 2.26. The van der Waals surface area contributed by atoms with E-state index in [1.165, 1.54) is 19.3 Å². The summed E-state index contributed by atoms with van der Waals surface area (Å²) in [4.78, 5) is 1.06. The van der Waals surface area contributed by atoms with E-state index in [2.05, 4.69) is 0 Å². The Morgan fingerprint density at radius 1 is 1.29 bits per heavy atom. The van der Waals surface area contributed by atoms with Crippen molar-refractivity contribution >= 4 is 27.5 Å². The van der Waals surface area contributed by atoms with Crippen molar-refractivity contribution in [1.29, 1.82) is 0 Å². The summed E-state index contributed by atoms with van der Waals surface area (Å²) >= 11 is 1.56. The topological polar surface area (TPSA) is 63.4 Å². The quantitative estimate of drug-likeness (QED) is 0.589. The maximum Gasteiger partial charge on any atom is 0.214 e. The highest BCUT2D eigenvalue weighted by Crippen LogP contribution is 2.28. The smallest absolute Gasteiger partial charge is 0.214 e. The minimum Gasteiger partial charge on any atom is -0.399 e. The SMILES string of the molecule is CCN(CC1CCC1)S(=O)(=O)CCSc1ccc(N)cc1. The van der Waals surface area contributed by atoms with Crippen molar-refractivity contribution in [2.75, 3.05) is 30.3 Å². The van der Waals surface area contributed by atoms with E-state index in [-0.39, 0.29) is 5.75 Å². The molecule has 0 saturated heterocycles. The van der Waals surface area contributed by atoms with Crippen molar-refractivity contribution in [1.82, 2.24) is 4.31 Å². The Kier molecular flexibility index (Phi) is 5.96. The number of benzene rings is 1. The second-order valence-electron chi connectivity index (χ2n) is 5.48. The third-order valence-corrected chi connectivity index (χ3v) is 7.11. The fourth-order valence-corrected chi connectivity index (χ4v) is 5.19. The van der Waals surface area contributed by atoms with Crippen LogP contribution in [0.3, 0.4) is 0 Å². The summed E-state index contributed by atoms with van der Waals surface area (Å²) in [7, 11) is -3.13. The van der Waals surface area contributed by atoms with Crippen LogP contribution in [0.2, 0.25) is 0 Å². The van der Waals surface area contributed by atoms with E-state index in [1.807, 2.05) is 31.2 Å². The summed E-state index contributed by atoms with van der Waals surface area (Å²) in [6, 6.07) is 7.54. The molecule has 2 rings (SSSR count). The molecule has 21 heavy (non-hydrogen) atoms. The number of nitrogens with zero attached hydrogens (tertiary/aromatic N) is 1. The molecule has 1 aliphatic carbocycles. The zero-order valence-corrected chi connectivity index (χ0v) is 14.1. The van der Waals surface area contributed by atoms with Gasteiger partial charge in [0.1, 0.15) is 0 Å². The normalized spacial score (nSPS) is 16.1. The maximum atomic E-state index is 12.4. The molecule has 6 heteroatoms. The molecule has 4 nitrogen and oxygen atoms in total. The predicted octanol–water partition coefficient (Wildman–Crippen LogP) is 2.81. The Morgan fingerprint density at radius 2 is 1.95 bits per heavy atom. The number of thioether (sulfide) groups is 1. The Morgan fingerprint density at radius 3 is 2.48 bits per heavy atom. The molecule has 0 bridgehead atoms. The van der Waals surface area contributed by atoms with Gasteiger partial charge >= 0.3 is 0 Å². The van der Waals surface area contributed by atoms with Gasteiger partial charge in [0, 0.05) is 29.4 Å². The first-order chi connectivity index (χ1) is 10.0. The van der Waals surface area contributed by atoms with Gasteiger partial charge in [0.05, 0.1) is 5.75 Å². The lowest BCUT2D eigenvalue weighted by Crippen LogP contribution is -2.39. The third kappa shape index (κ3) is 4.90. The van der Waals surface area contributed by atoms with Crippen LogP contribution in [0.25, 0.3) is 0 Å². The van der Waals surface area contributed by atoms with Crippen molar-refractivity contribution in [3.05, 3.63) is 24.3 Å². The number of hydrogen-bond donors (Lipinski definition) is 1. The van der Waals surface area contributed by atoms with Crippen LogP contribution < -0.4 is 5.73 Å². The van der Waals surface area contributed by atoms with Crippen LogP contribution >= 0.6 is 11.8 Å². The van der Waals surface area contributed by atoms with Crippen molar-refractivity contribution in [3.8, 4) is 0 Å². The second-order valence-corrected chi connectivity index (χ2v) is 8.74. The first-order valence-corrected chi connectivity index (χ1v) is 10.1. The molecule has 118 valence electrons. The van der Waals surface area contributed by atoms with Crippen LogP contribution in [0.4, 0.5) is 5.69 Å². The minimum absolute atomic E-state index is 0.197. The average molecular weight is 329 g/mol. The molecule has 0 aromatic heterocycles. The summed E-state index contributed by atoms with van der Waals surface area (Å²) in [5, 5.41) is 0. The summed E-state index contributed by atoms with van der Waals surface area (Å²) in [6.45, 7) is 3.19. The molecule has 1 aromatic carbocycles. The van der Waals surface area contributed by atoms with Crippen molar-refractivity contribution in [2.24, 2.45) is 5.92 Å². The second kappa shape index (κ2) is 7.51. The first-order valence-electron chi connectivity index (χ1n) is 7.47. The third-order valence-electron chi connectivity index (χ3n) is 3.92. The fraction of sp³-hybridized carbons (Fsp3) is 0.600. The Labute approximate surface area is 132 Å². The first kappa shape index (κ1) is 16.6. The zero-order chi connectivity index (χ0) is 15.3. The molecule has 1 aromatic rings. The fourth-order valence-electron chi connectivity index (χ4n) is 2.36. The molecule has 1 saturated carbocycles. The molecule has 2 N–H and O–H groups in total. The van der Waals surface area contributed by atoms with Crippen LogP contribution in [-0.4, -0.2) is 37.3 Å². The molecule has 0 aliphatic heterocycles. The molecule has 0 radical (unpaired) electrons. The number of anilines is 1. The standard InChI is InChI=1S/C15H24N2O2S2/c1-2-17(12-13-4-3-5-13)21(18,19)11-10-20-15-8-6-14(16)7-9-15/h6-9,13H,2-5,10-12,16H2,1H3. The lowest BCUT2D eigenvalue weighted by atomic mass is 9.85. The molecule has 0 heterocycles. The number of sulfonamides is 1. The minimum atomic E-state index is -3.13. The lowest BCUT2D eigenvalue weighted by molar-refractivity contribution is 0.250. The maximum absolute atomic E-state index is 12.4. The lowest BCUT2D eigenvalue weighted by Gasteiger charge is -2.31. The molecule has 0 amide bonds. The largest absolute Gasteiger partial charge is 0.399 e. The Bertz CT molecular complexity index is 539. The van der Waals surface area contributed by atoms with Gasteiger partial charge in [-0.2, -0.15) is 0 Å². The van der Waals surface area contributed by atoms with Gasteiger partial charge in [-0.3, -0.25) is 0 Å².